The van der Waals surface area contributed by atoms with Crippen LogP contribution >= 0.6 is 11.6 Å². The third kappa shape index (κ3) is 1.35. The van der Waals surface area contributed by atoms with Crippen LogP contribution < -0.4 is 5.73 Å². The zero-order valence-electron chi connectivity index (χ0n) is 7.17. The zero-order valence-corrected chi connectivity index (χ0v) is 7.93. The Kier molecular flexibility index (Phi) is 1.88. The maximum Gasteiger partial charge on any atom is 0.195 e. The highest BCUT2D eigenvalue weighted by Gasteiger charge is 2.07. The quantitative estimate of drug-likeness (QED) is 0.714. The number of nitrogen functional groups attached to an aromatic ring is 1. The minimum Gasteiger partial charge on any atom is -0.439 e. The van der Waals surface area contributed by atoms with Gasteiger partial charge in [-0.1, -0.05) is 18.5 Å². The molecule has 0 radical (unpaired) electrons. The number of hydrogen-bond acceptors (Lipinski definition) is 3. The summed E-state index contributed by atoms with van der Waals surface area (Å²) in [5.41, 5.74) is 7.59. The minimum atomic E-state index is 0.537. The van der Waals surface area contributed by atoms with Crippen molar-refractivity contribution in [2.45, 2.75) is 13.3 Å². The topological polar surface area (TPSA) is 52.0 Å². The van der Waals surface area contributed by atoms with Gasteiger partial charge in [-0.05, 0) is 12.1 Å². The van der Waals surface area contributed by atoms with E-state index in [4.69, 9.17) is 21.8 Å². The number of anilines is 1. The molecule has 0 aliphatic heterocycles. The molecule has 2 N–H and O–H groups in total. The van der Waals surface area contributed by atoms with Gasteiger partial charge in [0.25, 0.3) is 0 Å². The van der Waals surface area contributed by atoms with E-state index in [9.17, 15) is 0 Å². The average molecular weight is 197 g/mol. The average Bonchev–Trinajstić information content (AvgIpc) is 2.47. The van der Waals surface area contributed by atoms with Crippen LogP contribution in [0, 0.1) is 0 Å². The Balaban J connectivity index is 2.75. The molecule has 1 aromatic heterocycles. The van der Waals surface area contributed by atoms with E-state index in [1.807, 2.05) is 6.92 Å². The van der Waals surface area contributed by atoms with Crippen molar-refractivity contribution < 1.29 is 4.42 Å². The molecule has 0 amide bonds. The van der Waals surface area contributed by atoms with Gasteiger partial charge in [0.15, 0.2) is 11.5 Å². The van der Waals surface area contributed by atoms with E-state index in [0.29, 0.717) is 22.2 Å². The fourth-order valence-corrected chi connectivity index (χ4v) is 1.44. The fourth-order valence-electron chi connectivity index (χ4n) is 1.22. The lowest BCUT2D eigenvalue weighted by Gasteiger charge is -1.93. The number of hydrogen-bond donors (Lipinski definition) is 1. The second kappa shape index (κ2) is 2.92. The van der Waals surface area contributed by atoms with Crippen LogP contribution in [0.3, 0.4) is 0 Å². The van der Waals surface area contributed by atoms with Crippen LogP contribution in [0.2, 0.25) is 5.02 Å². The van der Waals surface area contributed by atoms with Crippen molar-refractivity contribution in [1.29, 1.82) is 0 Å². The third-order valence-electron chi connectivity index (χ3n) is 1.83. The highest BCUT2D eigenvalue weighted by molar-refractivity contribution is 6.31. The summed E-state index contributed by atoms with van der Waals surface area (Å²) in [6, 6.07) is 3.41. The Hall–Kier alpha value is -1.22. The van der Waals surface area contributed by atoms with Crippen molar-refractivity contribution >= 4 is 28.4 Å². The minimum absolute atomic E-state index is 0.537. The van der Waals surface area contributed by atoms with Gasteiger partial charge in [-0.15, -0.1) is 0 Å². The van der Waals surface area contributed by atoms with Crippen LogP contribution in [0.25, 0.3) is 11.1 Å². The number of benzene rings is 1. The number of nitrogens with zero attached hydrogens (tertiary/aromatic N) is 1. The van der Waals surface area contributed by atoms with Crippen molar-refractivity contribution in [3.05, 3.63) is 23.0 Å². The summed E-state index contributed by atoms with van der Waals surface area (Å²) in [5.74, 6) is 0.684. The molecule has 4 heteroatoms. The molecule has 1 heterocycles. The van der Waals surface area contributed by atoms with Gasteiger partial charge in [0.2, 0.25) is 0 Å². The first-order valence-electron chi connectivity index (χ1n) is 4.05. The molecular weight excluding hydrogens is 188 g/mol. The van der Waals surface area contributed by atoms with Crippen molar-refractivity contribution in [2.75, 3.05) is 5.73 Å². The Morgan fingerprint density at radius 3 is 3.00 bits per heavy atom. The summed E-state index contributed by atoms with van der Waals surface area (Å²) < 4.78 is 5.41. The van der Waals surface area contributed by atoms with Crippen LogP contribution in [-0.2, 0) is 6.42 Å². The Morgan fingerprint density at radius 1 is 1.54 bits per heavy atom. The van der Waals surface area contributed by atoms with Gasteiger partial charge in [-0.2, -0.15) is 0 Å². The molecule has 0 fully saturated rings. The highest BCUT2D eigenvalue weighted by Crippen LogP contribution is 2.26. The molecule has 0 bridgehead atoms. The van der Waals surface area contributed by atoms with Gasteiger partial charge in [-0.25, -0.2) is 4.98 Å². The number of fused-ring (bicyclic) bond motifs is 1. The van der Waals surface area contributed by atoms with Gasteiger partial charge in [0.05, 0.1) is 5.69 Å². The Labute approximate surface area is 80.5 Å². The molecule has 0 unspecified atom stereocenters. The van der Waals surface area contributed by atoms with Crippen molar-refractivity contribution in [3.63, 3.8) is 0 Å². The van der Waals surface area contributed by atoms with Gasteiger partial charge < -0.3 is 10.2 Å². The van der Waals surface area contributed by atoms with Crippen LogP contribution in [0.15, 0.2) is 16.5 Å². The monoisotopic (exact) mass is 196 g/mol. The lowest BCUT2D eigenvalue weighted by molar-refractivity contribution is 0.539. The van der Waals surface area contributed by atoms with Crippen molar-refractivity contribution in [2.24, 2.45) is 0 Å². The molecule has 0 aliphatic rings. The summed E-state index contributed by atoms with van der Waals surface area (Å²) in [4.78, 5) is 4.22. The predicted molar refractivity (Wildman–Crippen MR) is 52.8 cm³/mol. The van der Waals surface area contributed by atoms with E-state index < -0.39 is 0 Å². The summed E-state index contributed by atoms with van der Waals surface area (Å²) in [6.07, 6.45) is 0.756. The first kappa shape index (κ1) is 8.38. The molecule has 0 atom stereocenters. The van der Waals surface area contributed by atoms with Crippen LogP contribution in [0.4, 0.5) is 5.69 Å². The molecule has 3 nitrogen and oxygen atoms in total. The van der Waals surface area contributed by atoms with E-state index in [1.54, 1.807) is 12.1 Å². The van der Waals surface area contributed by atoms with Crippen molar-refractivity contribution in [3.8, 4) is 0 Å². The van der Waals surface area contributed by atoms with E-state index in [0.717, 1.165) is 11.9 Å². The summed E-state index contributed by atoms with van der Waals surface area (Å²) in [5, 5.41) is 0.584. The number of aryl methyl sites for hydroxylation is 1. The summed E-state index contributed by atoms with van der Waals surface area (Å²) in [7, 11) is 0. The normalized spacial score (nSPS) is 10.9. The molecule has 13 heavy (non-hydrogen) atoms. The Morgan fingerprint density at radius 2 is 2.31 bits per heavy atom. The molecule has 0 saturated carbocycles. The molecule has 0 spiro atoms. The number of oxazole rings is 1. The number of nitrogens with two attached hydrogens (primary N) is 1. The highest BCUT2D eigenvalue weighted by atomic mass is 35.5. The molecule has 1 aromatic carbocycles. The first-order valence-corrected chi connectivity index (χ1v) is 4.43. The summed E-state index contributed by atoms with van der Waals surface area (Å²) in [6.45, 7) is 1.97. The van der Waals surface area contributed by atoms with Gasteiger partial charge in [-0.3, -0.25) is 0 Å². The van der Waals surface area contributed by atoms with E-state index in [2.05, 4.69) is 4.98 Å². The van der Waals surface area contributed by atoms with E-state index >= 15 is 0 Å². The fraction of sp³-hybridized carbons (Fsp3) is 0.222. The molecule has 68 valence electrons. The van der Waals surface area contributed by atoms with Crippen LogP contribution in [-0.4, -0.2) is 4.98 Å². The van der Waals surface area contributed by atoms with Gasteiger partial charge in [0.1, 0.15) is 5.52 Å². The lowest BCUT2D eigenvalue weighted by Crippen LogP contribution is -1.84. The Bertz CT molecular complexity index is 450. The standard InChI is InChI=1S/C9H9ClN2O/c1-2-8-12-7-4-5(10)3-6(11)9(7)13-8/h3-4H,2,11H2,1H3. The maximum atomic E-state index is 5.81. The van der Waals surface area contributed by atoms with Crippen molar-refractivity contribution in [1.82, 2.24) is 4.98 Å². The van der Waals surface area contributed by atoms with Crippen LogP contribution in [0.1, 0.15) is 12.8 Å². The maximum absolute atomic E-state index is 5.81. The van der Waals surface area contributed by atoms with Gasteiger partial charge >= 0.3 is 0 Å². The predicted octanol–water partition coefficient (Wildman–Crippen LogP) is 2.63. The SMILES string of the molecule is CCc1nc2cc(Cl)cc(N)c2o1. The lowest BCUT2D eigenvalue weighted by atomic mass is 10.3. The first-order chi connectivity index (χ1) is 6.20. The molecule has 2 aromatic rings. The van der Waals surface area contributed by atoms with Crippen LogP contribution in [0.5, 0.6) is 0 Å². The number of rotatable bonds is 1. The number of aromatic nitrogens is 1. The summed E-state index contributed by atoms with van der Waals surface area (Å²) >= 11 is 5.81. The molecule has 0 saturated heterocycles. The van der Waals surface area contributed by atoms with E-state index in [-0.39, 0.29) is 0 Å². The molecule has 2 rings (SSSR count). The zero-order chi connectivity index (χ0) is 9.42. The second-order valence-corrected chi connectivity index (χ2v) is 3.24. The largest absolute Gasteiger partial charge is 0.439 e. The molecular formula is C9H9ClN2O. The third-order valence-corrected chi connectivity index (χ3v) is 2.05. The smallest absolute Gasteiger partial charge is 0.195 e. The molecule has 0 aliphatic carbocycles. The number of halogens is 1. The van der Waals surface area contributed by atoms with E-state index in [1.165, 1.54) is 0 Å². The van der Waals surface area contributed by atoms with Gasteiger partial charge in [0, 0.05) is 11.4 Å². The second-order valence-electron chi connectivity index (χ2n) is 2.80.